The first-order chi connectivity index (χ1) is 8.97. The van der Waals surface area contributed by atoms with Crippen molar-refractivity contribution in [2.24, 2.45) is 0 Å². The minimum absolute atomic E-state index is 0.176. The van der Waals surface area contributed by atoms with Crippen LogP contribution in [0.15, 0.2) is 18.5 Å². The Morgan fingerprint density at radius 2 is 2.05 bits per heavy atom. The number of anilines is 1. The topological polar surface area (TPSA) is 54.9 Å². The Balaban J connectivity index is 2.13. The van der Waals surface area contributed by atoms with Gasteiger partial charge in [-0.1, -0.05) is 37.0 Å². The number of carbonyl (C=O) groups excluding carboxylic acids is 1. The van der Waals surface area contributed by atoms with Crippen LogP contribution in [0.4, 0.5) is 5.13 Å². The van der Waals surface area contributed by atoms with Crippen LogP contribution < -0.4 is 5.32 Å². The molecule has 0 aliphatic heterocycles. The van der Waals surface area contributed by atoms with Gasteiger partial charge in [0.25, 0.3) is 5.91 Å². The zero-order valence-electron chi connectivity index (χ0n) is 10.3. The molecule has 19 heavy (non-hydrogen) atoms. The fourth-order valence-corrected chi connectivity index (χ4v) is 2.41. The van der Waals surface area contributed by atoms with Crippen LogP contribution >= 0.6 is 34.5 Å². The van der Waals surface area contributed by atoms with E-state index >= 15 is 0 Å². The predicted molar refractivity (Wildman–Crippen MR) is 78.4 cm³/mol. The molecule has 0 saturated heterocycles. The number of pyridine rings is 1. The zero-order valence-corrected chi connectivity index (χ0v) is 12.6. The minimum Gasteiger partial charge on any atom is -0.298 e. The van der Waals surface area contributed by atoms with Gasteiger partial charge >= 0.3 is 0 Å². The summed E-state index contributed by atoms with van der Waals surface area (Å²) >= 11 is 13.0. The number of rotatable bonds is 3. The SMILES string of the molecule is CC(C)c1cnc(NC(=O)c2cnc(Cl)c(Cl)c2)s1. The second kappa shape index (κ2) is 5.86. The third-order valence-corrected chi connectivity index (χ3v) is 4.27. The van der Waals surface area contributed by atoms with Crippen molar-refractivity contribution in [3.63, 3.8) is 0 Å². The van der Waals surface area contributed by atoms with E-state index in [1.165, 1.54) is 23.6 Å². The Kier molecular flexibility index (Phi) is 4.39. The van der Waals surface area contributed by atoms with Gasteiger partial charge in [-0.05, 0) is 12.0 Å². The summed E-state index contributed by atoms with van der Waals surface area (Å²) in [6.07, 6.45) is 3.14. The maximum atomic E-state index is 12.0. The fourth-order valence-electron chi connectivity index (χ4n) is 1.33. The van der Waals surface area contributed by atoms with Crippen molar-refractivity contribution in [3.05, 3.63) is 39.1 Å². The van der Waals surface area contributed by atoms with E-state index < -0.39 is 0 Å². The normalized spacial score (nSPS) is 10.8. The van der Waals surface area contributed by atoms with Gasteiger partial charge in [-0.2, -0.15) is 0 Å². The predicted octanol–water partition coefficient (Wildman–Crippen LogP) is 4.22. The number of amides is 1. The summed E-state index contributed by atoms with van der Waals surface area (Å²) in [4.78, 5) is 21.1. The molecule has 1 N–H and O–H groups in total. The highest BCUT2D eigenvalue weighted by Crippen LogP contribution is 2.26. The van der Waals surface area contributed by atoms with E-state index in [1.807, 2.05) is 0 Å². The largest absolute Gasteiger partial charge is 0.298 e. The van der Waals surface area contributed by atoms with Gasteiger partial charge in [0.2, 0.25) is 0 Å². The number of nitrogens with zero attached hydrogens (tertiary/aromatic N) is 2. The molecule has 0 fully saturated rings. The number of thiazole rings is 1. The molecule has 0 radical (unpaired) electrons. The van der Waals surface area contributed by atoms with Gasteiger partial charge in [-0.25, -0.2) is 9.97 Å². The summed E-state index contributed by atoms with van der Waals surface area (Å²) in [6, 6.07) is 1.48. The first-order valence-corrected chi connectivity index (χ1v) is 7.12. The molecule has 7 heteroatoms. The van der Waals surface area contributed by atoms with E-state index in [0.717, 1.165) is 4.88 Å². The van der Waals surface area contributed by atoms with Gasteiger partial charge in [0.05, 0.1) is 10.6 Å². The molecule has 4 nitrogen and oxygen atoms in total. The van der Waals surface area contributed by atoms with E-state index in [2.05, 4.69) is 29.1 Å². The molecule has 0 spiro atoms. The molecule has 0 atom stereocenters. The number of carbonyl (C=O) groups is 1. The molecule has 2 heterocycles. The highest BCUT2D eigenvalue weighted by molar-refractivity contribution is 7.15. The van der Waals surface area contributed by atoms with Crippen molar-refractivity contribution in [3.8, 4) is 0 Å². The van der Waals surface area contributed by atoms with E-state index in [1.54, 1.807) is 6.20 Å². The van der Waals surface area contributed by atoms with Crippen LogP contribution in [-0.4, -0.2) is 15.9 Å². The molecule has 0 saturated carbocycles. The summed E-state index contributed by atoms with van der Waals surface area (Å²) in [5.74, 6) is 0.0746. The van der Waals surface area contributed by atoms with Crippen molar-refractivity contribution in [1.29, 1.82) is 0 Å². The van der Waals surface area contributed by atoms with E-state index in [-0.39, 0.29) is 16.1 Å². The third-order valence-electron chi connectivity index (χ3n) is 2.37. The Hall–Kier alpha value is -1.17. The van der Waals surface area contributed by atoms with E-state index in [9.17, 15) is 4.79 Å². The van der Waals surface area contributed by atoms with E-state index in [0.29, 0.717) is 16.6 Å². The van der Waals surface area contributed by atoms with Crippen molar-refractivity contribution in [1.82, 2.24) is 9.97 Å². The molecule has 2 aromatic rings. The number of hydrogen-bond acceptors (Lipinski definition) is 4. The summed E-state index contributed by atoms with van der Waals surface area (Å²) in [5.41, 5.74) is 0.343. The van der Waals surface area contributed by atoms with Crippen LogP contribution in [0.25, 0.3) is 0 Å². The Morgan fingerprint density at radius 3 is 2.63 bits per heavy atom. The van der Waals surface area contributed by atoms with Crippen LogP contribution in [0.3, 0.4) is 0 Å². The quantitative estimate of drug-likeness (QED) is 0.863. The number of halogens is 2. The first kappa shape index (κ1) is 14.2. The zero-order chi connectivity index (χ0) is 14.0. The summed E-state index contributed by atoms with van der Waals surface area (Å²) in [5, 5.41) is 3.68. The molecule has 0 aliphatic rings. The van der Waals surface area contributed by atoms with Gasteiger partial charge in [0.1, 0.15) is 5.15 Å². The van der Waals surface area contributed by atoms with Gasteiger partial charge in [0.15, 0.2) is 5.13 Å². The Bertz CT molecular complexity index is 613. The lowest BCUT2D eigenvalue weighted by molar-refractivity contribution is 0.102. The standard InChI is InChI=1S/C12H11Cl2N3OS/c1-6(2)9-5-16-12(19-9)17-11(18)7-3-8(13)10(14)15-4-7/h3-6H,1-2H3,(H,16,17,18). The van der Waals surface area contributed by atoms with Crippen LogP contribution in [0.2, 0.25) is 10.2 Å². The lowest BCUT2D eigenvalue weighted by atomic mass is 10.2. The summed E-state index contributed by atoms with van der Waals surface area (Å²) < 4.78 is 0. The Labute approximate surface area is 124 Å². The number of aromatic nitrogens is 2. The molecular weight excluding hydrogens is 305 g/mol. The van der Waals surface area contributed by atoms with Crippen LogP contribution in [0.1, 0.15) is 35.0 Å². The molecule has 100 valence electrons. The summed E-state index contributed by atoms with van der Waals surface area (Å²) in [7, 11) is 0. The van der Waals surface area contributed by atoms with E-state index in [4.69, 9.17) is 23.2 Å². The molecular formula is C12H11Cl2N3OS. The number of nitrogens with one attached hydrogen (secondary N) is 1. The number of hydrogen-bond donors (Lipinski definition) is 1. The second-order valence-electron chi connectivity index (χ2n) is 4.17. The van der Waals surface area contributed by atoms with Crippen molar-refractivity contribution in [2.75, 3.05) is 5.32 Å². The van der Waals surface area contributed by atoms with Crippen LogP contribution in [0, 0.1) is 0 Å². The molecule has 0 aromatic carbocycles. The molecule has 2 aromatic heterocycles. The molecule has 0 bridgehead atoms. The Morgan fingerprint density at radius 1 is 1.32 bits per heavy atom. The minimum atomic E-state index is -0.310. The van der Waals surface area contributed by atoms with Crippen LogP contribution in [0.5, 0.6) is 0 Å². The lowest BCUT2D eigenvalue weighted by Gasteiger charge is -2.02. The monoisotopic (exact) mass is 315 g/mol. The average Bonchev–Trinajstić information content (AvgIpc) is 2.81. The third kappa shape index (κ3) is 3.43. The van der Waals surface area contributed by atoms with Gasteiger partial charge in [-0.15, -0.1) is 11.3 Å². The maximum absolute atomic E-state index is 12.0. The van der Waals surface area contributed by atoms with Crippen LogP contribution in [-0.2, 0) is 0 Å². The molecule has 1 amide bonds. The summed E-state index contributed by atoms with van der Waals surface area (Å²) in [6.45, 7) is 4.14. The highest BCUT2D eigenvalue weighted by atomic mass is 35.5. The van der Waals surface area contributed by atoms with Gasteiger partial charge < -0.3 is 0 Å². The molecule has 0 aliphatic carbocycles. The lowest BCUT2D eigenvalue weighted by Crippen LogP contribution is -2.11. The van der Waals surface area contributed by atoms with Gasteiger partial charge in [0, 0.05) is 17.3 Å². The highest BCUT2D eigenvalue weighted by Gasteiger charge is 2.12. The second-order valence-corrected chi connectivity index (χ2v) is 6.00. The molecule has 0 unspecified atom stereocenters. The van der Waals surface area contributed by atoms with Crippen molar-refractivity contribution in [2.45, 2.75) is 19.8 Å². The maximum Gasteiger partial charge on any atom is 0.259 e. The van der Waals surface area contributed by atoms with Gasteiger partial charge in [-0.3, -0.25) is 10.1 Å². The fraction of sp³-hybridized carbons (Fsp3) is 0.250. The molecule has 2 rings (SSSR count). The smallest absolute Gasteiger partial charge is 0.259 e. The first-order valence-electron chi connectivity index (χ1n) is 5.55. The van der Waals surface area contributed by atoms with Crippen molar-refractivity contribution >= 4 is 45.6 Å². The average molecular weight is 316 g/mol. The van der Waals surface area contributed by atoms with Crippen molar-refractivity contribution < 1.29 is 4.79 Å².